The molecule has 1 aliphatic heterocycles. The van der Waals surface area contributed by atoms with Crippen molar-refractivity contribution in [1.82, 2.24) is 4.98 Å². The Bertz CT molecular complexity index is 1270. The number of fused-ring (bicyclic) bond motifs is 1. The van der Waals surface area contributed by atoms with Gasteiger partial charge >= 0.3 is 0 Å². The van der Waals surface area contributed by atoms with Crippen LogP contribution in [0.3, 0.4) is 0 Å². The van der Waals surface area contributed by atoms with Gasteiger partial charge in [0, 0.05) is 36.1 Å². The maximum absolute atomic E-state index is 12.9. The van der Waals surface area contributed by atoms with E-state index >= 15 is 0 Å². The average molecular weight is 486 g/mol. The maximum atomic E-state index is 12.9. The Labute approximate surface area is 211 Å². The molecule has 2 heterocycles. The van der Waals surface area contributed by atoms with Gasteiger partial charge in [0.05, 0.1) is 24.7 Å². The summed E-state index contributed by atoms with van der Waals surface area (Å²) in [5, 5.41) is 6.25. The van der Waals surface area contributed by atoms with Gasteiger partial charge < -0.3 is 25.2 Å². The molecule has 2 aliphatic rings. The van der Waals surface area contributed by atoms with Crippen LogP contribution in [0, 0.1) is 0 Å². The summed E-state index contributed by atoms with van der Waals surface area (Å²) in [6.07, 6.45) is 6.32. The molecule has 3 aromatic rings. The van der Waals surface area contributed by atoms with E-state index < -0.39 is 0 Å². The second-order valence-corrected chi connectivity index (χ2v) is 9.37. The number of amides is 2. The number of nitrogens with one attached hydrogen (secondary N) is 2. The number of carbonyl (C=O) groups is 2. The van der Waals surface area contributed by atoms with Crippen LogP contribution in [0.25, 0.3) is 0 Å². The summed E-state index contributed by atoms with van der Waals surface area (Å²) in [6.45, 7) is 1.98. The van der Waals surface area contributed by atoms with Gasteiger partial charge in [0.25, 0.3) is 5.91 Å². The molecule has 36 heavy (non-hydrogen) atoms. The molecule has 0 radical (unpaired) electrons. The third kappa shape index (κ3) is 4.58. The molecule has 0 spiro atoms. The highest BCUT2D eigenvalue weighted by molar-refractivity contribution is 6.06. The van der Waals surface area contributed by atoms with E-state index in [0.29, 0.717) is 23.1 Å². The van der Waals surface area contributed by atoms with E-state index in [0.717, 1.165) is 35.7 Å². The van der Waals surface area contributed by atoms with Crippen LogP contribution in [-0.4, -0.2) is 43.0 Å². The van der Waals surface area contributed by atoms with Crippen molar-refractivity contribution < 1.29 is 14.3 Å². The molecule has 8 nitrogen and oxygen atoms in total. The number of hydrogen-bond donors (Lipinski definition) is 2. The number of pyridine rings is 1. The summed E-state index contributed by atoms with van der Waals surface area (Å²) >= 11 is 0. The number of aromatic nitrogens is 1. The van der Waals surface area contributed by atoms with E-state index in [4.69, 9.17) is 4.74 Å². The zero-order valence-electron chi connectivity index (χ0n) is 20.8. The van der Waals surface area contributed by atoms with E-state index in [1.807, 2.05) is 32.2 Å². The highest BCUT2D eigenvalue weighted by atomic mass is 16.5. The number of benzene rings is 2. The topological polar surface area (TPSA) is 86.8 Å². The minimum absolute atomic E-state index is 0.0903. The van der Waals surface area contributed by atoms with E-state index in [2.05, 4.69) is 20.5 Å². The molecule has 1 unspecified atom stereocenters. The minimum Gasteiger partial charge on any atom is -0.497 e. The highest BCUT2D eigenvalue weighted by Gasteiger charge is 2.38. The average Bonchev–Trinajstić information content (AvgIpc) is 3.42. The lowest BCUT2D eigenvalue weighted by atomic mass is 10.0. The van der Waals surface area contributed by atoms with E-state index in [1.54, 1.807) is 54.6 Å². The second kappa shape index (κ2) is 9.89. The lowest BCUT2D eigenvalue weighted by molar-refractivity contribution is -0.119. The Morgan fingerprint density at radius 2 is 1.78 bits per heavy atom. The highest BCUT2D eigenvalue weighted by Crippen LogP contribution is 2.41. The van der Waals surface area contributed by atoms with Gasteiger partial charge in [0.1, 0.15) is 17.6 Å². The Balaban J connectivity index is 1.37. The first-order valence-electron chi connectivity index (χ1n) is 12.3. The number of nitrogens with zero attached hydrogens (tertiary/aromatic N) is 3. The molecule has 8 heteroatoms. The van der Waals surface area contributed by atoms with Crippen molar-refractivity contribution >= 4 is 40.4 Å². The van der Waals surface area contributed by atoms with E-state index in [9.17, 15) is 9.59 Å². The van der Waals surface area contributed by atoms with Crippen LogP contribution >= 0.6 is 0 Å². The summed E-state index contributed by atoms with van der Waals surface area (Å²) in [4.78, 5) is 34.3. The Kier molecular flexibility index (Phi) is 6.50. The third-order valence-electron chi connectivity index (χ3n) is 7.07. The fourth-order valence-electron chi connectivity index (χ4n) is 5.16. The van der Waals surface area contributed by atoms with Crippen LogP contribution in [-0.2, 0) is 4.79 Å². The molecule has 1 atom stereocenters. The van der Waals surface area contributed by atoms with Gasteiger partial charge in [-0.25, -0.2) is 4.98 Å². The summed E-state index contributed by atoms with van der Waals surface area (Å²) in [7, 11) is 3.41. The first-order valence-corrected chi connectivity index (χ1v) is 12.3. The molecular formula is C28H31N5O3. The van der Waals surface area contributed by atoms with Crippen molar-refractivity contribution in [2.75, 3.05) is 34.6 Å². The number of ether oxygens (including phenoxy) is 1. The number of hydrogen-bond acceptors (Lipinski definition) is 6. The fraction of sp³-hybridized carbons (Fsp3) is 0.321. The van der Waals surface area contributed by atoms with Crippen molar-refractivity contribution in [2.45, 2.75) is 44.7 Å². The molecule has 186 valence electrons. The zero-order chi connectivity index (χ0) is 25.2. The molecule has 0 bridgehead atoms. The Hall–Kier alpha value is -4.07. The quantitative estimate of drug-likeness (QED) is 0.499. The third-order valence-corrected chi connectivity index (χ3v) is 7.07. The van der Waals surface area contributed by atoms with Crippen molar-refractivity contribution in [3.8, 4) is 5.75 Å². The van der Waals surface area contributed by atoms with Crippen LogP contribution < -0.4 is 25.2 Å². The van der Waals surface area contributed by atoms with Gasteiger partial charge in [-0.15, -0.1) is 0 Å². The molecule has 1 aliphatic carbocycles. The van der Waals surface area contributed by atoms with Crippen LogP contribution in [0.4, 0.5) is 28.6 Å². The van der Waals surface area contributed by atoms with Crippen LogP contribution in [0.5, 0.6) is 5.75 Å². The van der Waals surface area contributed by atoms with Crippen molar-refractivity contribution in [3.05, 3.63) is 66.4 Å². The standard InChI is InChI=1S/C28H31N5O3/c1-18-28(35)32(2)25-17-29-26(16-24(25)33(18)22-9-4-5-10-22)30-21-8-6-7-19(15-21)27(34)31-20-11-13-23(36-3)14-12-20/h6-8,11-18,22H,4-5,9-10H2,1-3H3,(H,29,30)(H,31,34). The van der Waals surface area contributed by atoms with Gasteiger partial charge in [0.15, 0.2) is 0 Å². The molecule has 1 aromatic heterocycles. The summed E-state index contributed by atoms with van der Waals surface area (Å²) < 4.78 is 5.17. The second-order valence-electron chi connectivity index (χ2n) is 9.37. The summed E-state index contributed by atoms with van der Waals surface area (Å²) in [6, 6.07) is 16.7. The number of anilines is 5. The van der Waals surface area contributed by atoms with Crippen molar-refractivity contribution in [1.29, 1.82) is 0 Å². The Morgan fingerprint density at radius 1 is 1.03 bits per heavy atom. The number of rotatable bonds is 6. The fourth-order valence-corrected chi connectivity index (χ4v) is 5.16. The largest absolute Gasteiger partial charge is 0.497 e. The van der Waals surface area contributed by atoms with E-state index in [1.165, 1.54) is 12.8 Å². The van der Waals surface area contributed by atoms with Gasteiger partial charge in [-0.3, -0.25) is 9.59 Å². The van der Waals surface area contributed by atoms with Crippen molar-refractivity contribution in [3.63, 3.8) is 0 Å². The first kappa shape index (κ1) is 23.7. The number of likely N-dealkylation sites (N-methyl/N-ethyl adjacent to an activating group) is 1. The lowest BCUT2D eigenvalue weighted by Gasteiger charge is -2.43. The molecule has 5 rings (SSSR count). The monoisotopic (exact) mass is 485 g/mol. The van der Waals surface area contributed by atoms with Gasteiger partial charge in [-0.05, 0) is 62.2 Å². The molecule has 1 fully saturated rings. The van der Waals surface area contributed by atoms with Crippen molar-refractivity contribution in [2.24, 2.45) is 0 Å². The SMILES string of the molecule is COc1ccc(NC(=O)c2cccc(Nc3cc4c(cn3)N(C)C(=O)C(C)N4C3CCCC3)c2)cc1. The maximum Gasteiger partial charge on any atom is 0.255 e. The van der Waals surface area contributed by atoms with E-state index in [-0.39, 0.29) is 17.9 Å². The lowest BCUT2D eigenvalue weighted by Crippen LogP contribution is -2.54. The summed E-state index contributed by atoms with van der Waals surface area (Å²) in [5.74, 6) is 1.28. The first-order chi connectivity index (χ1) is 17.4. The molecule has 0 saturated heterocycles. The minimum atomic E-state index is -0.217. The van der Waals surface area contributed by atoms with Gasteiger partial charge in [-0.1, -0.05) is 18.9 Å². The predicted molar refractivity (Wildman–Crippen MR) is 143 cm³/mol. The smallest absolute Gasteiger partial charge is 0.255 e. The molecular weight excluding hydrogens is 454 g/mol. The zero-order valence-corrected chi connectivity index (χ0v) is 20.8. The van der Waals surface area contributed by atoms with Crippen LogP contribution in [0.1, 0.15) is 43.0 Å². The molecule has 2 N–H and O–H groups in total. The molecule has 1 saturated carbocycles. The molecule has 2 aromatic carbocycles. The Morgan fingerprint density at radius 3 is 2.50 bits per heavy atom. The summed E-state index contributed by atoms with van der Waals surface area (Å²) in [5.41, 5.74) is 3.81. The normalized spacial score (nSPS) is 17.6. The number of carbonyl (C=O) groups excluding carboxylic acids is 2. The number of methoxy groups -OCH3 is 1. The van der Waals surface area contributed by atoms with Gasteiger partial charge in [-0.2, -0.15) is 0 Å². The van der Waals surface area contributed by atoms with Crippen LogP contribution in [0.2, 0.25) is 0 Å². The molecule has 2 amide bonds. The van der Waals surface area contributed by atoms with Gasteiger partial charge in [0.2, 0.25) is 5.91 Å². The van der Waals surface area contributed by atoms with Crippen LogP contribution in [0.15, 0.2) is 60.8 Å². The predicted octanol–water partition coefficient (Wildman–Crippen LogP) is 5.20.